The summed E-state index contributed by atoms with van der Waals surface area (Å²) in [4.78, 5) is 24.6. The molecule has 1 N–H and O–H groups in total. The fourth-order valence-electron chi connectivity index (χ4n) is 2.21. The molecule has 0 saturated heterocycles. The summed E-state index contributed by atoms with van der Waals surface area (Å²) in [6.45, 7) is 5.68. The zero-order valence-electron chi connectivity index (χ0n) is 15.0. The van der Waals surface area contributed by atoms with E-state index in [0.717, 1.165) is 38.8 Å². The van der Waals surface area contributed by atoms with Gasteiger partial charge in [-0.3, -0.25) is 14.9 Å². The van der Waals surface area contributed by atoms with Gasteiger partial charge in [-0.15, -0.1) is 0 Å². The molecule has 0 saturated carbocycles. The Morgan fingerprint density at radius 2 is 1.96 bits per heavy atom. The first kappa shape index (κ1) is 21.5. The van der Waals surface area contributed by atoms with E-state index in [-0.39, 0.29) is 22.0 Å². The lowest BCUT2D eigenvalue weighted by Gasteiger charge is -2.20. The zero-order valence-corrected chi connectivity index (χ0v) is 15.8. The van der Waals surface area contributed by atoms with E-state index >= 15 is 0 Å². The number of nitrogens with one attached hydrogen (secondary N) is 1. The predicted octanol–water partition coefficient (Wildman–Crippen LogP) is 4.50. The van der Waals surface area contributed by atoms with Crippen molar-refractivity contribution in [2.24, 2.45) is 0 Å². The van der Waals surface area contributed by atoms with Gasteiger partial charge in [0.15, 0.2) is 0 Å². The van der Waals surface area contributed by atoms with E-state index < -0.39 is 10.8 Å². The molecule has 0 heterocycles. The van der Waals surface area contributed by atoms with Gasteiger partial charge in [0.05, 0.1) is 4.92 Å². The summed E-state index contributed by atoms with van der Waals surface area (Å²) < 4.78 is 0. The van der Waals surface area contributed by atoms with E-state index in [9.17, 15) is 20.2 Å². The second-order valence-electron chi connectivity index (χ2n) is 5.78. The number of halogens is 1. The normalized spacial score (nSPS) is 10.9. The summed E-state index contributed by atoms with van der Waals surface area (Å²) in [5.74, 6) is -0.609. The molecule has 0 aliphatic rings. The van der Waals surface area contributed by atoms with Gasteiger partial charge in [0.1, 0.15) is 16.7 Å². The molecule has 26 heavy (non-hydrogen) atoms. The van der Waals surface area contributed by atoms with Gasteiger partial charge >= 0.3 is 0 Å². The van der Waals surface area contributed by atoms with E-state index in [1.54, 1.807) is 6.20 Å². The predicted molar refractivity (Wildman–Crippen MR) is 102 cm³/mol. The van der Waals surface area contributed by atoms with E-state index in [1.807, 2.05) is 11.0 Å². The van der Waals surface area contributed by atoms with Gasteiger partial charge in [0.2, 0.25) is 0 Å². The monoisotopic (exact) mass is 378 g/mol. The highest BCUT2D eigenvalue weighted by Crippen LogP contribution is 2.27. The number of nitro groups is 1. The smallest absolute Gasteiger partial charge is 0.289 e. The Morgan fingerprint density at radius 3 is 2.46 bits per heavy atom. The molecule has 0 unspecified atom stereocenters. The van der Waals surface area contributed by atoms with Gasteiger partial charge in [0, 0.05) is 31.0 Å². The molecule has 0 spiro atoms. The average molecular weight is 379 g/mol. The van der Waals surface area contributed by atoms with Crippen molar-refractivity contribution in [1.29, 1.82) is 5.26 Å². The van der Waals surface area contributed by atoms with Crippen LogP contribution in [0.25, 0.3) is 0 Å². The number of anilines is 1. The van der Waals surface area contributed by atoms with Crippen molar-refractivity contribution in [3.05, 3.63) is 45.1 Å². The highest BCUT2D eigenvalue weighted by molar-refractivity contribution is 6.32. The molecule has 0 fully saturated rings. The third kappa shape index (κ3) is 6.73. The summed E-state index contributed by atoms with van der Waals surface area (Å²) in [6, 6.07) is 5.86. The van der Waals surface area contributed by atoms with Crippen molar-refractivity contribution >= 4 is 28.9 Å². The van der Waals surface area contributed by atoms with Crippen LogP contribution in [-0.2, 0) is 4.79 Å². The van der Waals surface area contributed by atoms with Gasteiger partial charge in [-0.2, -0.15) is 5.26 Å². The molecular weight excluding hydrogens is 356 g/mol. The fraction of sp³-hybridized carbons (Fsp3) is 0.444. The van der Waals surface area contributed by atoms with Crippen LogP contribution in [0.2, 0.25) is 5.02 Å². The molecule has 1 amide bonds. The summed E-state index contributed by atoms with van der Waals surface area (Å²) >= 11 is 5.76. The molecule has 0 bridgehead atoms. The molecule has 1 rings (SSSR count). The third-order valence-electron chi connectivity index (χ3n) is 3.68. The van der Waals surface area contributed by atoms with Crippen LogP contribution in [0.1, 0.15) is 39.5 Å². The van der Waals surface area contributed by atoms with E-state index in [4.69, 9.17) is 11.6 Å². The van der Waals surface area contributed by atoms with Crippen LogP contribution in [-0.4, -0.2) is 28.8 Å². The molecule has 1 aromatic carbocycles. The number of rotatable bonds is 10. The molecule has 0 aliphatic heterocycles. The molecule has 8 heteroatoms. The van der Waals surface area contributed by atoms with E-state index in [2.05, 4.69) is 19.2 Å². The maximum absolute atomic E-state index is 12.4. The molecule has 0 atom stereocenters. The molecule has 0 radical (unpaired) electrons. The standard InChI is InChI=1S/C18H23ClN4O3/c1-3-5-9-22(10-6-4-2)13-14(12-20)18(24)21-15-7-8-16(19)17(11-15)23(25)26/h7-8,11,13H,3-6,9-10H2,1-2H3,(H,21,24)/b14-13-. The first-order valence-corrected chi connectivity index (χ1v) is 8.92. The van der Waals surface area contributed by atoms with Gasteiger partial charge in [0.25, 0.3) is 11.6 Å². The minimum atomic E-state index is -0.629. The lowest BCUT2D eigenvalue weighted by molar-refractivity contribution is -0.384. The maximum Gasteiger partial charge on any atom is 0.289 e. The first-order valence-electron chi connectivity index (χ1n) is 8.54. The Morgan fingerprint density at radius 1 is 1.35 bits per heavy atom. The highest BCUT2D eigenvalue weighted by atomic mass is 35.5. The SMILES string of the molecule is CCCCN(/C=C(/C#N)C(=O)Nc1ccc(Cl)c([N+](=O)[O-])c1)CCCC. The number of hydrogen-bond acceptors (Lipinski definition) is 5. The molecule has 140 valence electrons. The Hall–Kier alpha value is -2.59. The van der Waals surface area contributed by atoms with Gasteiger partial charge in [-0.25, -0.2) is 0 Å². The van der Waals surface area contributed by atoms with Gasteiger partial charge in [-0.1, -0.05) is 38.3 Å². The van der Waals surface area contributed by atoms with Crippen LogP contribution in [0.5, 0.6) is 0 Å². The van der Waals surface area contributed by atoms with E-state index in [0.29, 0.717) is 0 Å². The largest absolute Gasteiger partial charge is 0.376 e. The van der Waals surface area contributed by atoms with Crippen LogP contribution >= 0.6 is 11.6 Å². The third-order valence-corrected chi connectivity index (χ3v) is 3.99. The molecule has 7 nitrogen and oxygen atoms in total. The second-order valence-corrected chi connectivity index (χ2v) is 6.18. The van der Waals surface area contributed by atoms with Crippen LogP contribution in [0, 0.1) is 21.4 Å². The average Bonchev–Trinajstić information content (AvgIpc) is 2.62. The minimum absolute atomic E-state index is 0.0191. The fourth-order valence-corrected chi connectivity index (χ4v) is 2.40. The molecular formula is C18H23ClN4O3. The number of carbonyl (C=O) groups excluding carboxylic acids is 1. The maximum atomic E-state index is 12.4. The number of benzene rings is 1. The molecule has 1 aromatic rings. The topological polar surface area (TPSA) is 99.3 Å². The Labute approximate surface area is 158 Å². The van der Waals surface area contributed by atoms with E-state index in [1.165, 1.54) is 18.2 Å². The number of nitrogens with zero attached hydrogens (tertiary/aromatic N) is 3. The van der Waals surface area contributed by atoms with Gasteiger partial charge in [-0.05, 0) is 25.0 Å². The lowest BCUT2D eigenvalue weighted by Crippen LogP contribution is -2.23. The van der Waals surface area contributed by atoms with Crippen LogP contribution in [0.15, 0.2) is 30.0 Å². The number of amides is 1. The van der Waals surface area contributed by atoms with Crippen molar-refractivity contribution in [3.8, 4) is 6.07 Å². The van der Waals surface area contributed by atoms with Crippen LogP contribution < -0.4 is 5.32 Å². The Balaban J connectivity index is 2.95. The number of hydrogen-bond donors (Lipinski definition) is 1. The van der Waals surface area contributed by atoms with Gasteiger partial charge < -0.3 is 10.2 Å². The minimum Gasteiger partial charge on any atom is -0.376 e. The molecule has 0 aromatic heterocycles. The van der Waals surface area contributed by atoms with Crippen molar-refractivity contribution < 1.29 is 9.72 Å². The summed E-state index contributed by atoms with van der Waals surface area (Å²) in [5.41, 5.74) is -0.143. The van der Waals surface area contributed by atoms with Crippen molar-refractivity contribution in [3.63, 3.8) is 0 Å². The number of carbonyl (C=O) groups is 1. The van der Waals surface area contributed by atoms with Crippen molar-refractivity contribution in [1.82, 2.24) is 4.90 Å². The second kappa shape index (κ2) is 11.1. The number of unbranched alkanes of at least 4 members (excludes halogenated alkanes) is 2. The summed E-state index contributed by atoms with van der Waals surface area (Å²) in [6.07, 6.45) is 5.51. The van der Waals surface area contributed by atoms with Crippen molar-refractivity contribution in [2.75, 3.05) is 18.4 Å². The van der Waals surface area contributed by atoms with Crippen LogP contribution in [0.3, 0.4) is 0 Å². The summed E-state index contributed by atoms with van der Waals surface area (Å²) in [5, 5.41) is 22.8. The zero-order chi connectivity index (χ0) is 19.5. The van der Waals surface area contributed by atoms with Crippen molar-refractivity contribution in [2.45, 2.75) is 39.5 Å². The quantitative estimate of drug-likeness (QED) is 0.279. The number of nitriles is 1. The lowest BCUT2D eigenvalue weighted by atomic mass is 10.2. The Bertz CT molecular complexity index is 705. The number of nitro benzene ring substituents is 1. The molecule has 0 aliphatic carbocycles. The van der Waals surface area contributed by atoms with Crippen LogP contribution in [0.4, 0.5) is 11.4 Å². The Kier molecular flexibility index (Phi) is 9.17. The first-order chi connectivity index (χ1) is 12.4. The highest BCUT2D eigenvalue weighted by Gasteiger charge is 2.16. The summed E-state index contributed by atoms with van der Waals surface area (Å²) in [7, 11) is 0.